The number of hydrogen-bond donors (Lipinski definition) is 10. The fourth-order valence-electron chi connectivity index (χ4n) is 11.9. The molecule has 0 aliphatic carbocycles. The smallest absolute Gasteiger partial charge is 0.416 e. The van der Waals surface area contributed by atoms with Gasteiger partial charge >= 0.3 is 17.7 Å². The molecule has 5 heterocycles. The minimum absolute atomic E-state index is 0.00627. The molecule has 5 aliphatic rings. The van der Waals surface area contributed by atoms with Crippen molar-refractivity contribution in [3.63, 3.8) is 0 Å². The van der Waals surface area contributed by atoms with Gasteiger partial charge in [0.2, 0.25) is 24.0 Å². The van der Waals surface area contributed by atoms with Gasteiger partial charge < -0.3 is 99.4 Å². The van der Waals surface area contributed by atoms with E-state index < -0.39 is 144 Å². The maximum Gasteiger partial charge on any atom is 0.416 e. The van der Waals surface area contributed by atoms with Gasteiger partial charge in [-0.1, -0.05) is 43.2 Å². The third kappa shape index (κ3) is 15.6. The van der Waals surface area contributed by atoms with Crippen molar-refractivity contribution in [1.29, 1.82) is 0 Å². The molecule has 0 bridgehead atoms. The lowest BCUT2D eigenvalue weighted by atomic mass is 9.87. The Hall–Kier alpha value is -9.47. The van der Waals surface area contributed by atoms with Crippen LogP contribution in [0.2, 0.25) is 0 Å². The first-order chi connectivity index (χ1) is 46.5. The summed E-state index contributed by atoms with van der Waals surface area (Å²) in [5.41, 5.74) is 1.29. The van der Waals surface area contributed by atoms with Crippen molar-refractivity contribution in [3.8, 4) is 28.7 Å². The average molecular weight is 1370 g/mol. The zero-order chi connectivity index (χ0) is 71.4. The van der Waals surface area contributed by atoms with Gasteiger partial charge in [0, 0.05) is 48.1 Å². The fourth-order valence-corrected chi connectivity index (χ4v) is 11.9. The predicted molar refractivity (Wildman–Crippen MR) is 344 cm³/mol. The van der Waals surface area contributed by atoms with E-state index in [-0.39, 0.29) is 96.5 Å². The minimum atomic E-state index is -2.06. The quantitative estimate of drug-likeness (QED) is 0.0243. The maximum atomic E-state index is 14.4. The Balaban J connectivity index is 0.864. The first-order valence-electron chi connectivity index (χ1n) is 31.5. The summed E-state index contributed by atoms with van der Waals surface area (Å²) >= 11 is 0. The van der Waals surface area contributed by atoms with Gasteiger partial charge in [0.25, 0.3) is 11.8 Å². The van der Waals surface area contributed by atoms with Crippen LogP contribution in [-0.2, 0) is 46.6 Å². The summed E-state index contributed by atoms with van der Waals surface area (Å²) in [6, 6.07) is 12.3. The number of benzene rings is 4. The lowest BCUT2D eigenvalue weighted by Crippen LogP contribution is -2.61. The number of hydrogen-bond acceptors (Lipinski definition) is 23. The Morgan fingerprint density at radius 1 is 0.724 bits per heavy atom. The third-order valence-corrected chi connectivity index (χ3v) is 17.5. The van der Waals surface area contributed by atoms with E-state index in [4.69, 9.17) is 37.9 Å². The molecule has 5 aliphatic heterocycles. The maximum absolute atomic E-state index is 14.4. The molecule has 528 valence electrons. The van der Waals surface area contributed by atoms with Crippen molar-refractivity contribution in [2.75, 3.05) is 50.9 Å². The number of ether oxygens (including phenoxy) is 8. The van der Waals surface area contributed by atoms with E-state index in [9.17, 15) is 79.4 Å². The van der Waals surface area contributed by atoms with Crippen molar-refractivity contribution in [1.82, 2.24) is 20.4 Å². The molecule has 10 N–H and O–H groups in total. The highest BCUT2D eigenvalue weighted by molar-refractivity contribution is 6.06. The average Bonchev–Trinajstić information content (AvgIpc) is 1.59. The molecule has 98 heavy (non-hydrogen) atoms. The van der Waals surface area contributed by atoms with E-state index in [0.29, 0.717) is 28.8 Å². The molecule has 1 unspecified atom stereocenters. The SMILES string of the molecule is COc1cc2c(cc1OCCCOc1cc3c(cc1OC)C(=O)N1C=C(C)C[C@H]1[C@H](O)N3C(=O)OCc1ccc(O[C@@H]3O[C@H](C(=O)O)[C@@H](O)[C@H](O)[C@H]3O)c([N+](=O)[O-])c1)C(COCc1ccc(NC(=O)[C@H](C)NC(=O)[C@@H](NC(=O)C(C)(C)CO)C(C)C)cc1)[C@@H](O)[C@@H]1CC(C)=CN1C2=O. The zero-order valence-corrected chi connectivity index (χ0v) is 55.2. The molecule has 31 nitrogen and oxygen atoms in total. The highest BCUT2D eigenvalue weighted by Crippen LogP contribution is 2.45. The van der Waals surface area contributed by atoms with Gasteiger partial charge in [-0.3, -0.25) is 34.1 Å². The number of anilines is 2. The zero-order valence-electron chi connectivity index (χ0n) is 55.2. The van der Waals surface area contributed by atoms with Crippen LogP contribution in [0.25, 0.3) is 0 Å². The fraction of sp³-hybridized carbons (Fsp3) is 0.478. The highest BCUT2D eigenvalue weighted by atomic mass is 16.7. The van der Waals surface area contributed by atoms with Crippen LogP contribution in [-0.4, -0.2) is 200 Å². The van der Waals surface area contributed by atoms with E-state index >= 15 is 0 Å². The standard InChI is InChI=1S/C67H81N7O24/c1-32(2)52(70-65(87)67(6,7)31-75)59(81)68-35(5)58(80)69-38-14-11-36(12-15-38)28-93-30-42-39-22-50(48(91-8)23-40(39)60(82)71-26-33(3)19-45(71)53(42)76)94-17-10-18-95-51-25-43-41(24-49(51)92-9)61(83)72-27-34(4)20-46(72)62(84)73(43)66(88)96-29-37-13-16-47(44(21-37)74(89)90)97-64-56(79)54(77)55(78)57(98-64)63(85)86/h11-16,21-27,32,35,42,45-46,52-57,62,64,75-79,84H,10,17-20,28-31H2,1-9H3,(H,68,81)(H,69,80)(H,70,87)(H,85,86)/t35-,42?,45-,46-,52-,53+,54-,55-,56+,57-,62-,64+/m0/s1. The number of methoxy groups -OCH3 is 2. The Labute approximate surface area is 562 Å². The van der Waals surface area contributed by atoms with Gasteiger partial charge in [-0.2, -0.15) is 0 Å². The van der Waals surface area contributed by atoms with E-state index in [1.165, 1.54) is 49.1 Å². The van der Waals surface area contributed by atoms with Crippen LogP contribution in [0.5, 0.6) is 28.7 Å². The first-order valence-corrected chi connectivity index (χ1v) is 31.5. The van der Waals surface area contributed by atoms with E-state index in [0.717, 1.165) is 22.6 Å². The van der Waals surface area contributed by atoms with Gasteiger partial charge in [0.1, 0.15) is 37.0 Å². The molecule has 4 aromatic carbocycles. The van der Waals surface area contributed by atoms with Crippen LogP contribution >= 0.6 is 0 Å². The lowest BCUT2D eigenvalue weighted by Gasteiger charge is -2.38. The Bertz CT molecular complexity index is 3770. The normalized spacial score (nSPS) is 23.3. The number of carbonyl (C=O) groups is 7. The van der Waals surface area contributed by atoms with Crippen LogP contribution in [0.4, 0.5) is 21.9 Å². The molecule has 0 saturated carbocycles. The van der Waals surface area contributed by atoms with Crippen molar-refractivity contribution in [3.05, 3.63) is 128 Å². The Kier molecular flexibility index (Phi) is 22.7. The number of aliphatic carboxylic acids is 1. The largest absolute Gasteiger partial charge is 0.493 e. The van der Waals surface area contributed by atoms with Crippen molar-refractivity contribution < 1.29 is 112 Å². The van der Waals surface area contributed by atoms with E-state index in [1.54, 1.807) is 83.4 Å². The summed E-state index contributed by atoms with van der Waals surface area (Å²) in [6.07, 6.45) is -10.2. The second-order valence-corrected chi connectivity index (χ2v) is 25.6. The molecule has 1 fully saturated rings. The van der Waals surface area contributed by atoms with Gasteiger partial charge in [0.05, 0.1) is 87.0 Å². The number of nitrogens with zero attached hydrogens (tertiary/aromatic N) is 4. The van der Waals surface area contributed by atoms with Crippen LogP contribution in [0.15, 0.2) is 90.3 Å². The molecule has 1 saturated heterocycles. The molecular formula is C67H81N7O24. The molecule has 4 aromatic rings. The summed E-state index contributed by atoms with van der Waals surface area (Å²) < 4.78 is 46.5. The number of aliphatic hydroxyl groups excluding tert-OH is 6. The van der Waals surface area contributed by atoms with Gasteiger partial charge in [0.15, 0.2) is 41.1 Å². The lowest BCUT2D eigenvalue weighted by molar-refractivity contribution is -0.387. The van der Waals surface area contributed by atoms with Crippen LogP contribution in [0.3, 0.4) is 0 Å². The van der Waals surface area contributed by atoms with Gasteiger partial charge in [-0.25, -0.2) is 14.5 Å². The van der Waals surface area contributed by atoms with Crippen LogP contribution < -0.4 is 44.5 Å². The van der Waals surface area contributed by atoms with Gasteiger partial charge in [-0.05, 0) is 106 Å². The number of carboxylic acid groups (broad SMARTS) is 1. The Morgan fingerprint density at radius 3 is 1.94 bits per heavy atom. The summed E-state index contributed by atoms with van der Waals surface area (Å²) in [4.78, 5) is 109. The van der Waals surface area contributed by atoms with E-state index in [2.05, 4.69) is 16.0 Å². The highest BCUT2D eigenvalue weighted by Gasteiger charge is 2.50. The van der Waals surface area contributed by atoms with Gasteiger partial charge in [-0.15, -0.1) is 0 Å². The summed E-state index contributed by atoms with van der Waals surface area (Å²) in [6.45, 7) is 10.6. The topological polar surface area (TPSA) is 424 Å². The number of nitrogens with one attached hydrogen (secondary N) is 3. The molecule has 0 radical (unpaired) electrons. The molecular weight excluding hydrogens is 1290 g/mol. The van der Waals surface area contributed by atoms with E-state index in [1.807, 2.05) is 6.92 Å². The number of nitro benzene ring substituents is 1. The molecule has 0 spiro atoms. The third-order valence-electron chi connectivity index (χ3n) is 17.5. The second kappa shape index (κ2) is 30.5. The predicted octanol–water partition coefficient (Wildman–Crippen LogP) is 3.72. The molecule has 0 aromatic heterocycles. The molecule has 12 atom stereocenters. The van der Waals surface area contributed by atoms with Crippen molar-refractivity contribution >= 4 is 58.7 Å². The first kappa shape index (κ1) is 72.8. The number of aliphatic hydroxyl groups is 6. The monoisotopic (exact) mass is 1370 g/mol. The summed E-state index contributed by atoms with van der Waals surface area (Å²) in [7, 11) is 2.75. The number of nitro groups is 1. The number of amides is 6. The molecule has 31 heteroatoms. The molecule has 6 amide bonds. The Morgan fingerprint density at radius 2 is 1.33 bits per heavy atom. The summed E-state index contributed by atoms with van der Waals surface area (Å²) in [5.74, 6) is -5.39. The summed E-state index contributed by atoms with van der Waals surface area (Å²) in [5, 5.41) is 94.5. The second-order valence-electron chi connectivity index (χ2n) is 25.6. The number of carboxylic acids is 1. The van der Waals surface area contributed by atoms with Crippen LogP contribution in [0, 0.1) is 21.4 Å². The van der Waals surface area contributed by atoms with Crippen LogP contribution in [0.1, 0.15) is 111 Å². The minimum Gasteiger partial charge on any atom is -0.493 e. The number of fused-ring (bicyclic) bond motifs is 4. The van der Waals surface area contributed by atoms with Crippen molar-refractivity contribution in [2.24, 2.45) is 11.3 Å². The molecule has 9 rings (SSSR count). The number of carbonyl (C=O) groups excluding carboxylic acids is 6. The number of rotatable bonds is 26. The van der Waals surface area contributed by atoms with Crippen molar-refractivity contribution in [2.45, 2.75) is 154 Å².